The molecule has 1 heterocycles. The van der Waals surface area contributed by atoms with Crippen LogP contribution in [0.15, 0.2) is 5.38 Å². The third-order valence-corrected chi connectivity index (χ3v) is 3.89. The van der Waals surface area contributed by atoms with Gasteiger partial charge in [0, 0.05) is 29.3 Å². The minimum Gasteiger partial charge on any atom is -0.394 e. The summed E-state index contributed by atoms with van der Waals surface area (Å²) in [5, 5.41) is 14.6. The average Bonchev–Trinajstić information content (AvgIpc) is 2.70. The van der Waals surface area contributed by atoms with Gasteiger partial charge in [0.2, 0.25) is 5.91 Å². The predicted molar refractivity (Wildman–Crippen MR) is 72.3 cm³/mol. The molecule has 4 nitrogen and oxygen atoms in total. The monoisotopic (exact) mass is 274 g/mol. The van der Waals surface area contributed by atoms with Gasteiger partial charge in [0.05, 0.1) is 17.3 Å². The molecule has 0 saturated carbocycles. The second-order valence-corrected chi connectivity index (χ2v) is 5.98. The first-order valence-corrected chi connectivity index (χ1v) is 7.54. The lowest BCUT2D eigenvalue weighted by atomic mass is 10.3. The van der Waals surface area contributed by atoms with Crippen molar-refractivity contribution in [1.29, 1.82) is 0 Å². The van der Waals surface area contributed by atoms with Gasteiger partial charge in [-0.15, -0.1) is 11.3 Å². The van der Waals surface area contributed by atoms with Gasteiger partial charge >= 0.3 is 0 Å². The summed E-state index contributed by atoms with van der Waals surface area (Å²) >= 11 is 3.35. The molecular formula is C11H18N2O2S2. The first-order chi connectivity index (χ1) is 8.11. The van der Waals surface area contributed by atoms with Gasteiger partial charge in [0.15, 0.2) is 0 Å². The van der Waals surface area contributed by atoms with Gasteiger partial charge in [0.25, 0.3) is 0 Å². The number of hydrogen-bond donors (Lipinski definition) is 2. The molecule has 0 radical (unpaired) electrons. The van der Waals surface area contributed by atoms with Crippen molar-refractivity contribution in [2.24, 2.45) is 0 Å². The van der Waals surface area contributed by atoms with Crippen LogP contribution in [-0.4, -0.2) is 34.4 Å². The molecular weight excluding hydrogens is 256 g/mol. The molecule has 96 valence electrons. The maximum atomic E-state index is 11.4. The van der Waals surface area contributed by atoms with Crippen LogP contribution in [0.4, 0.5) is 0 Å². The first-order valence-electron chi connectivity index (χ1n) is 5.50. The average molecular weight is 274 g/mol. The number of nitrogens with zero attached hydrogens (tertiary/aromatic N) is 1. The molecule has 6 heteroatoms. The van der Waals surface area contributed by atoms with Crippen molar-refractivity contribution in [2.45, 2.75) is 32.1 Å². The zero-order chi connectivity index (χ0) is 12.7. The smallest absolute Gasteiger partial charge is 0.221 e. The minimum absolute atomic E-state index is 0.00601. The van der Waals surface area contributed by atoms with E-state index in [0.717, 1.165) is 22.2 Å². The van der Waals surface area contributed by atoms with E-state index in [1.807, 2.05) is 6.92 Å². The van der Waals surface area contributed by atoms with Gasteiger partial charge in [-0.1, -0.05) is 0 Å². The van der Waals surface area contributed by atoms with E-state index >= 15 is 0 Å². The molecule has 0 aliphatic rings. The number of amides is 1. The second kappa shape index (κ2) is 7.68. The molecule has 1 aromatic rings. The van der Waals surface area contributed by atoms with E-state index in [-0.39, 0.29) is 18.6 Å². The van der Waals surface area contributed by atoms with Crippen molar-refractivity contribution >= 4 is 29.0 Å². The predicted octanol–water partition coefficient (Wildman–Crippen LogP) is 1.57. The number of aryl methyl sites for hydroxylation is 1. The Kier molecular flexibility index (Phi) is 6.54. The topological polar surface area (TPSA) is 62.2 Å². The van der Waals surface area contributed by atoms with Crippen LogP contribution in [0.3, 0.4) is 0 Å². The van der Waals surface area contributed by atoms with E-state index in [9.17, 15) is 4.79 Å². The molecule has 0 aliphatic carbocycles. The molecule has 0 aromatic carbocycles. The Balaban J connectivity index is 2.10. The number of nitrogens with one attached hydrogen (secondary N) is 1. The first kappa shape index (κ1) is 14.5. The van der Waals surface area contributed by atoms with Crippen LogP contribution >= 0.6 is 23.1 Å². The SMILES string of the molecule is Cc1nc(CSCCC(=O)N[C@@H](C)CO)cs1. The fourth-order valence-corrected chi connectivity index (χ4v) is 2.76. The zero-order valence-corrected chi connectivity index (χ0v) is 11.7. The largest absolute Gasteiger partial charge is 0.394 e. The molecule has 17 heavy (non-hydrogen) atoms. The second-order valence-electron chi connectivity index (χ2n) is 3.81. The molecule has 1 amide bonds. The number of thioether (sulfide) groups is 1. The van der Waals surface area contributed by atoms with Crippen LogP contribution < -0.4 is 5.32 Å². The summed E-state index contributed by atoms with van der Waals surface area (Å²) in [6.07, 6.45) is 0.484. The van der Waals surface area contributed by atoms with E-state index in [2.05, 4.69) is 15.7 Å². The summed E-state index contributed by atoms with van der Waals surface area (Å²) in [5.41, 5.74) is 1.08. The molecule has 0 aliphatic heterocycles. The van der Waals surface area contributed by atoms with E-state index in [1.165, 1.54) is 0 Å². The third kappa shape index (κ3) is 6.05. The lowest BCUT2D eigenvalue weighted by molar-refractivity contribution is -0.121. The van der Waals surface area contributed by atoms with E-state index in [4.69, 9.17) is 5.11 Å². The molecule has 1 atom stereocenters. The third-order valence-electron chi connectivity index (χ3n) is 2.07. The molecule has 0 spiro atoms. The van der Waals surface area contributed by atoms with Crippen molar-refractivity contribution in [3.8, 4) is 0 Å². The highest BCUT2D eigenvalue weighted by Gasteiger charge is 2.06. The number of hydrogen-bond acceptors (Lipinski definition) is 5. The number of carbonyl (C=O) groups is 1. The van der Waals surface area contributed by atoms with Crippen LogP contribution in [0.1, 0.15) is 24.0 Å². The van der Waals surface area contributed by atoms with Crippen molar-refractivity contribution in [1.82, 2.24) is 10.3 Å². The number of carbonyl (C=O) groups excluding carboxylic acids is 1. The highest BCUT2D eigenvalue weighted by molar-refractivity contribution is 7.98. The van der Waals surface area contributed by atoms with Gasteiger partial charge in [0.1, 0.15) is 0 Å². The van der Waals surface area contributed by atoms with Crippen molar-refractivity contribution in [3.05, 3.63) is 16.1 Å². The minimum atomic E-state index is -0.159. The number of thiazole rings is 1. The van der Waals surface area contributed by atoms with Gasteiger partial charge in [-0.3, -0.25) is 4.79 Å². The molecule has 2 N–H and O–H groups in total. The Morgan fingerprint density at radius 2 is 2.47 bits per heavy atom. The van der Waals surface area contributed by atoms with Crippen LogP contribution in [-0.2, 0) is 10.5 Å². The summed E-state index contributed by atoms with van der Waals surface area (Å²) in [5.74, 6) is 1.63. The van der Waals surface area contributed by atoms with E-state index in [1.54, 1.807) is 30.0 Å². The Morgan fingerprint density at radius 1 is 1.71 bits per heavy atom. The highest BCUT2D eigenvalue weighted by Crippen LogP contribution is 2.15. The normalized spacial score (nSPS) is 12.4. The number of aromatic nitrogens is 1. The summed E-state index contributed by atoms with van der Waals surface area (Å²) in [6.45, 7) is 3.75. The number of rotatable bonds is 7. The summed E-state index contributed by atoms with van der Waals surface area (Å²) in [4.78, 5) is 15.7. The summed E-state index contributed by atoms with van der Waals surface area (Å²) in [7, 11) is 0. The molecule has 0 saturated heterocycles. The maximum Gasteiger partial charge on any atom is 0.221 e. The highest BCUT2D eigenvalue weighted by atomic mass is 32.2. The molecule has 1 rings (SSSR count). The molecule has 1 aromatic heterocycles. The Hall–Kier alpha value is -0.590. The van der Waals surface area contributed by atoms with Crippen LogP contribution in [0.2, 0.25) is 0 Å². The quantitative estimate of drug-likeness (QED) is 0.741. The van der Waals surface area contributed by atoms with E-state index in [0.29, 0.717) is 6.42 Å². The maximum absolute atomic E-state index is 11.4. The van der Waals surface area contributed by atoms with Crippen molar-refractivity contribution in [2.75, 3.05) is 12.4 Å². The molecule has 0 fully saturated rings. The van der Waals surface area contributed by atoms with Gasteiger partial charge in [-0.2, -0.15) is 11.8 Å². The molecule has 0 unspecified atom stereocenters. The van der Waals surface area contributed by atoms with Gasteiger partial charge < -0.3 is 10.4 Å². The van der Waals surface area contributed by atoms with Crippen LogP contribution in [0.25, 0.3) is 0 Å². The number of aliphatic hydroxyl groups excluding tert-OH is 1. The van der Waals surface area contributed by atoms with Gasteiger partial charge in [-0.25, -0.2) is 4.98 Å². The standard InChI is InChI=1S/C11H18N2O2S2/c1-8(5-14)12-11(15)3-4-16-6-10-7-17-9(2)13-10/h7-8,14H,3-6H2,1-2H3,(H,12,15)/t8-/m0/s1. The summed E-state index contributed by atoms with van der Waals surface area (Å²) in [6, 6.07) is -0.159. The van der Waals surface area contributed by atoms with Crippen molar-refractivity contribution in [3.63, 3.8) is 0 Å². The zero-order valence-electron chi connectivity index (χ0n) is 10.1. The van der Waals surface area contributed by atoms with Crippen LogP contribution in [0, 0.1) is 6.92 Å². The van der Waals surface area contributed by atoms with Crippen molar-refractivity contribution < 1.29 is 9.90 Å². The van der Waals surface area contributed by atoms with Gasteiger partial charge in [-0.05, 0) is 13.8 Å². The Labute approximate surface area is 110 Å². The lowest BCUT2D eigenvalue weighted by Gasteiger charge is -2.10. The van der Waals surface area contributed by atoms with Crippen LogP contribution in [0.5, 0.6) is 0 Å². The summed E-state index contributed by atoms with van der Waals surface area (Å²) < 4.78 is 0. The number of aliphatic hydroxyl groups is 1. The Bertz CT molecular complexity index is 355. The molecule has 0 bridgehead atoms. The lowest BCUT2D eigenvalue weighted by Crippen LogP contribution is -2.35. The fraction of sp³-hybridized carbons (Fsp3) is 0.636. The Morgan fingerprint density at radius 3 is 3.06 bits per heavy atom. The van der Waals surface area contributed by atoms with E-state index < -0.39 is 0 Å². The fourth-order valence-electron chi connectivity index (χ4n) is 1.21.